The lowest BCUT2D eigenvalue weighted by Gasteiger charge is -2.27. The van der Waals surface area contributed by atoms with E-state index in [4.69, 9.17) is 9.15 Å². The number of likely N-dealkylation sites (tertiary alicyclic amines) is 1. The van der Waals surface area contributed by atoms with Gasteiger partial charge < -0.3 is 9.15 Å². The molecule has 100 valence electrons. The second-order valence-electron chi connectivity index (χ2n) is 5.79. The fourth-order valence-corrected chi connectivity index (χ4v) is 2.27. The molecule has 0 aliphatic carbocycles. The third kappa shape index (κ3) is 3.35. The smallest absolute Gasteiger partial charge is 0.323 e. The van der Waals surface area contributed by atoms with Crippen LogP contribution in [0.3, 0.4) is 0 Å². The summed E-state index contributed by atoms with van der Waals surface area (Å²) in [4.78, 5) is 14.3. The van der Waals surface area contributed by atoms with Crippen LogP contribution in [-0.4, -0.2) is 29.1 Å². The molecule has 0 saturated carbocycles. The van der Waals surface area contributed by atoms with E-state index in [0.717, 1.165) is 31.5 Å². The highest BCUT2D eigenvalue weighted by atomic mass is 16.6. The van der Waals surface area contributed by atoms with Gasteiger partial charge in [-0.25, -0.2) is 0 Å². The molecule has 1 atom stereocenters. The summed E-state index contributed by atoms with van der Waals surface area (Å²) >= 11 is 0. The zero-order chi connectivity index (χ0) is 13.2. The number of esters is 1. The first-order chi connectivity index (χ1) is 8.46. The van der Waals surface area contributed by atoms with Crippen molar-refractivity contribution in [2.45, 2.75) is 51.8 Å². The number of furan rings is 1. The first-order valence-corrected chi connectivity index (χ1v) is 6.44. The van der Waals surface area contributed by atoms with E-state index in [1.807, 2.05) is 26.8 Å². The lowest BCUT2D eigenvalue weighted by molar-refractivity contribution is -0.160. The molecule has 2 heterocycles. The lowest BCUT2D eigenvalue weighted by Crippen LogP contribution is -2.40. The molecule has 0 aromatic carbocycles. The van der Waals surface area contributed by atoms with Crippen LogP contribution in [0.2, 0.25) is 0 Å². The summed E-state index contributed by atoms with van der Waals surface area (Å²) in [6.07, 6.45) is 5.31. The van der Waals surface area contributed by atoms with Crippen molar-refractivity contribution in [1.82, 2.24) is 4.90 Å². The van der Waals surface area contributed by atoms with Crippen LogP contribution in [0, 0.1) is 0 Å². The number of carbonyl (C=O) groups is 1. The maximum Gasteiger partial charge on any atom is 0.323 e. The van der Waals surface area contributed by atoms with E-state index < -0.39 is 5.60 Å². The van der Waals surface area contributed by atoms with Gasteiger partial charge in [0, 0.05) is 12.1 Å². The van der Waals surface area contributed by atoms with Gasteiger partial charge in [0.05, 0.1) is 12.5 Å². The van der Waals surface area contributed by atoms with Gasteiger partial charge in [-0.2, -0.15) is 0 Å². The Balaban J connectivity index is 1.97. The van der Waals surface area contributed by atoms with E-state index in [2.05, 4.69) is 4.90 Å². The molecule has 0 bridgehead atoms. The molecule has 0 N–H and O–H groups in total. The lowest BCUT2D eigenvalue weighted by atomic mass is 10.1. The predicted octanol–water partition coefficient (Wildman–Crippen LogP) is 2.59. The monoisotopic (exact) mass is 251 g/mol. The number of rotatable bonds is 3. The normalized spacial score (nSPS) is 21.2. The van der Waals surface area contributed by atoms with Gasteiger partial charge in [0.2, 0.25) is 0 Å². The Labute approximate surface area is 108 Å². The van der Waals surface area contributed by atoms with Crippen LogP contribution in [0.5, 0.6) is 0 Å². The molecule has 0 amide bonds. The van der Waals surface area contributed by atoms with Crippen molar-refractivity contribution in [2.75, 3.05) is 6.54 Å². The molecule has 1 fully saturated rings. The number of hydrogen-bond acceptors (Lipinski definition) is 4. The van der Waals surface area contributed by atoms with Crippen LogP contribution in [0.25, 0.3) is 0 Å². The molecule has 4 nitrogen and oxygen atoms in total. The molecule has 1 aliphatic heterocycles. The Morgan fingerprint density at radius 2 is 2.33 bits per heavy atom. The Morgan fingerprint density at radius 3 is 2.94 bits per heavy atom. The molecule has 18 heavy (non-hydrogen) atoms. The Kier molecular flexibility index (Phi) is 3.76. The van der Waals surface area contributed by atoms with Crippen molar-refractivity contribution in [3.63, 3.8) is 0 Å². The quantitative estimate of drug-likeness (QED) is 0.774. The standard InChI is InChI=1S/C14H21NO3/c1-14(2,3)18-13(16)12-5-4-7-15(12)9-11-6-8-17-10-11/h6,8,10,12H,4-5,7,9H2,1-3H3/t12-/m1/s1. The third-order valence-electron chi connectivity index (χ3n) is 3.01. The molecule has 1 aliphatic rings. The molecular formula is C14H21NO3. The summed E-state index contributed by atoms with van der Waals surface area (Å²) in [6, 6.07) is 1.82. The summed E-state index contributed by atoms with van der Waals surface area (Å²) in [6.45, 7) is 7.40. The van der Waals surface area contributed by atoms with Crippen LogP contribution in [-0.2, 0) is 16.1 Å². The summed E-state index contributed by atoms with van der Waals surface area (Å²) in [5.41, 5.74) is 0.687. The maximum absolute atomic E-state index is 12.1. The van der Waals surface area contributed by atoms with Crippen LogP contribution < -0.4 is 0 Å². The second kappa shape index (κ2) is 5.14. The molecule has 4 heteroatoms. The van der Waals surface area contributed by atoms with Crippen LogP contribution in [0.15, 0.2) is 23.0 Å². The van der Waals surface area contributed by atoms with Gasteiger partial charge in [0.1, 0.15) is 11.6 Å². The van der Waals surface area contributed by atoms with E-state index >= 15 is 0 Å². The Bertz CT molecular complexity index is 392. The van der Waals surface area contributed by atoms with Crippen molar-refractivity contribution in [2.24, 2.45) is 0 Å². The highest BCUT2D eigenvalue weighted by Crippen LogP contribution is 2.23. The fraction of sp³-hybridized carbons (Fsp3) is 0.643. The average molecular weight is 251 g/mol. The van der Waals surface area contributed by atoms with E-state index in [-0.39, 0.29) is 12.0 Å². The van der Waals surface area contributed by atoms with Gasteiger partial charge in [-0.3, -0.25) is 9.69 Å². The minimum atomic E-state index is -0.416. The summed E-state index contributed by atoms with van der Waals surface area (Å²) in [5.74, 6) is -0.108. The first-order valence-electron chi connectivity index (χ1n) is 6.44. The minimum absolute atomic E-state index is 0.108. The number of carbonyl (C=O) groups excluding carboxylic acids is 1. The maximum atomic E-state index is 12.1. The number of ether oxygens (including phenoxy) is 1. The highest BCUT2D eigenvalue weighted by Gasteiger charge is 2.33. The topological polar surface area (TPSA) is 42.7 Å². The third-order valence-corrected chi connectivity index (χ3v) is 3.01. The summed E-state index contributed by atoms with van der Waals surface area (Å²) < 4.78 is 10.5. The highest BCUT2D eigenvalue weighted by molar-refractivity contribution is 5.76. The van der Waals surface area contributed by atoms with Crippen LogP contribution >= 0.6 is 0 Å². The van der Waals surface area contributed by atoms with Crippen molar-refractivity contribution in [1.29, 1.82) is 0 Å². The molecule has 0 spiro atoms. The van der Waals surface area contributed by atoms with Crippen molar-refractivity contribution in [3.05, 3.63) is 24.2 Å². The first kappa shape index (κ1) is 13.1. The van der Waals surface area contributed by atoms with E-state index in [1.165, 1.54) is 0 Å². The van der Waals surface area contributed by atoms with E-state index in [0.29, 0.717) is 0 Å². The van der Waals surface area contributed by atoms with Crippen molar-refractivity contribution < 1.29 is 13.9 Å². The Morgan fingerprint density at radius 1 is 1.56 bits per heavy atom. The second-order valence-corrected chi connectivity index (χ2v) is 5.79. The number of nitrogens with zero attached hydrogens (tertiary/aromatic N) is 1. The molecule has 0 unspecified atom stereocenters. The average Bonchev–Trinajstić information content (AvgIpc) is 2.86. The predicted molar refractivity (Wildman–Crippen MR) is 68.0 cm³/mol. The number of hydrogen-bond donors (Lipinski definition) is 0. The summed E-state index contributed by atoms with van der Waals surface area (Å²) in [7, 11) is 0. The molecule has 1 aromatic rings. The van der Waals surface area contributed by atoms with Gasteiger partial charge in [0.15, 0.2) is 0 Å². The van der Waals surface area contributed by atoms with Crippen molar-refractivity contribution >= 4 is 5.97 Å². The van der Waals surface area contributed by atoms with Gasteiger partial charge in [-0.15, -0.1) is 0 Å². The van der Waals surface area contributed by atoms with Gasteiger partial charge in [-0.05, 0) is 46.2 Å². The zero-order valence-electron chi connectivity index (χ0n) is 11.3. The molecule has 2 rings (SSSR count). The molecule has 0 radical (unpaired) electrons. The fourth-order valence-electron chi connectivity index (χ4n) is 2.27. The minimum Gasteiger partial charge on any atom is -0.472 e. The van der Waals surface area contributed by atoms with E-state index in [1.54, 1.807) is 12.5 Å². The Hall–Kier alpha value is -1.29. The van der Waals surface area contributed by atoms with E-state index in [9.17, 15) is 4.79 Å². The van der Waals surface area contributed by atoms with Crippen molar-refractivity contribution in [3.8, 4) is 0 Å². The van der Waals surface area contributed by atoms with Gasteiger partial charge >= 0.3 is 5.97 Å². The van der Waals surface area contributed by atoms with Crippen LogP contribution in [0.1, 0.15) is 39.2 Å². The van der Waals surface area contributed by atoms with Gasteiger partial charge in [-0.1, -0.05) is 0 Å². The summed E-state index contributed by atoms with van der Waals surface area (Å²) in [5, 5.41) is 0. The van der Waals surface area contributed by atoms with Gasteiger partial charge in [0.25, 0.3) is 0 Å². The molecule has 1 aromatic heterocycles. The largest absolute Gasteiger partial charge is 0.472 e. The van der Waals surface area contributed by atoms with Crippen LogP contribution in [0.4, 0.5) is 0 Å². The zero-order valence-corrected chi connectivity index (χ0v) is 11.3. The molecular weight excluding hydrogens is 230 g/mol. The molecule has 1 saturated heterocycles. The SMILES string of the molecule is CC(C)(C)OC(=O)[C@H]1CCCN1Cc1ccoc1.